The van der Waals surface area contributed by atoms with Crippen LogP contribution in [0.3, 0.4) is 0 Å². The molecule has 4 N–H and O–H groups in total. The van der Waals surface area contributed by atoms with Gasteiger partial charge in [-0.25, -0.2) is 0 Å². The van der Waals surface area contributed by atoms with E-state index in [1.165, 1.54) is 12.7 Å². The van der Waals surface area contributed by atoms with Crippen LogP contribution < -0.4 is 20.9 Å². The highest BCUT2D eigenvalue weighted by molar-refractivity contribution is 6.04. The van der Waals surface area contributed by atoms with Gasteiger partial charge in [-0.3, -0.25) is 39.4 Å². The first-order valence-electron chi connectivity index (χ1n) is 19.6. The summed E-state index contributed by atoms with van der Waals surface area (Å²) in [6.45, 7) is 7.59. The molecule has 5 heterocycles. The number of ether oxygens (including phenoxy) is 1. The van der Waals surface area contributed by atoms with E-state index in [4.69, 9.17) is 4.74 Å². The minimum Gasteiger partial charge on any atom is -0.374 e. The maximum atomic E-state index is 13.3. The molecular weight excluding hydrogens is 711 g/mol. The number of piperazine rings is 1. The molecule has 0 bridgehead atoms. The van der Waals surface area contributed by atoms with E-state index in [2.05, 4.69) is 53.0 Å². The fourth-order valence-electron chi connectivity index (χ4n) is 8.40. The smallest absolute Gasteiger partial charge is 0.256 e. The Morgan fingerprint density at radius 2 is 1.66 bits per heavy atom. The zero-order valence-electron chi connectivity index (χ0n) is 31.7. The summed E-state index contributed by atoms with van der Waals surface area (Å²) in [6, 6.07) is 25.6. The lowest BCUT2D eigenvalue weighted by molar-refractivity contribution is -0.143. The summed E-state index contributed by atoms with van der Waals surface area (Å²) in [5.74, 6) is -0.410. The van der Waals surface area contributed by atoms with E-state index in [1.54, 1.807) is 4.90 Å². The van der Waals surface area contributed by atoms with Crippen LogP contribution in [0.15, 0.2) is 78.9 Å². The van der Waals surface area contributed by atoms with Crippen molar-refractivity contribution in [2.75, 3.05) is 61.9 Å². The molecule has 2 atom stereocenters. The molecule has 4 amide bonds. The van der Waals surface area contributed by atoms with E-state index < -0.39 is 6.10 Å². The van der Waals surface area contributed by atoms with Crippen molar-refractivity contribution in [1.29, 1.82) is 0 Å². The Morgan fingerprint density at radius 3 is 2.39 bits per heavy atom. The molecule has 3 saturated heterocycles. The second-order valence-electron chi connectivity index (χ2n) is 15.1. The highest BCUT2D eigenvalue weighted by Gasteiger charge is 2.34. The van der Waals surface area contributed by atoms with E-state index in [0.717, 1.165) is 86.9 Å². The highest BCUT2D eigenvalue weighted by Crippen LogP contribution is 2.31. The number of hydrogen-bond donors (Lipinski definition) is 4. The zero-order chi connectivity index (χ0) is 38.6. The molecule has 14 nitrogen and oxygen atoms in total. The largest absolute Gasteiger partial charge is 0.374 e. The molecule has 56 heavy (non-hydrogen) atoms. The van der Waals surface area contributed by atoms with E-state index in [1.807, 2.05) is 66.7 Å². The van der Waals surface area contributed by atoms with E-state index in [0.29, 0.717) is 43.4 Å². The summed E-state index contributed by atoms with van der Waals surface area (Å²) in [5.41, 5.74) is 6.18. The van der Waals surface area contributed by atoms with Gasteiger partial charge in [0, 0.05) is 87.9 Å². The number of imide groups is 1. The van der Waals surface area contributed by atoms with Crippen molar-refractivity contribution in [3.8, 4) is 0 Å². The van der Waals surface area contributed by atoms with Crippen LogP contribution in [0.4, 0.5) is 17.2 Å². The number of carbonyl (C=O) groups is 4. The van der Waals surface area contributed by atoms with Crippen molar-refractivity contribution in [3.05, 3.63) is 107 Å². The van der Waals surface area contributed by atoms with Crippen LogP contribution in [0.2, 0.25) is 0 Å². The van der Waals surface area contributed by atoms with Crippen LogP contribution in [-0.2, 0) is 38.8 Å². The van der Waals surface area contributed by atoms with Crippen LogP contribution in [0.5, 0.6) is 0 Å². The fraction of sp³-hybridized carbons (Fsp3) is 0.405. The minimum atomic E-state index is -0.701. The summed E-state index contributed by atoms with van der Waals surface area (Å²) in [4.78, 5) is 59.6. The van der Waals surface area contributed by atoms with E-state index in [9.17, 15) is 19.2 Å². The first-order chi connectivity index (χ1) is 27.3. The maximum absolute atomic E-state index is 13.3. The Bertz CT molecular complexity index is 2040. The fourth-order valence-corrected chi connectivity index (χ4v) is 8.40. The van der Waals surface area contributed by atoms with Crippen molar-refractivity contribution in [3.63, 3.8) is 0 Å². The van der Waals surface area contributed by atoms with Gasteiger partial charge in [0.15, 0.2) is 11.9 Å². The number of aromatic nitrogens is 2. The number of hydrogen-bond acceptors (Lipinski definition) is 10. The third-order valence-corrected chi connectivity index (χ3v) is 11.6. The number of H-pyrrole nitrogens is 1. The second kappa shape index (κ2) is 16.7. The van der Waals surface area contributed by atoms with Gasteiger partial charge in [0.1, 0.15) is 6.04 Å². The predicted molar refractivity (Wildman–Crippen MR) is 212 cm³/mol. The van der Waals surface area contributed by atoms with Gasteiger partial charge in [-0.1, -0.05) is 42.5 Å². The Morgan fingerprint density at radius 1 is 0.893 bits per heavy atom. The van der Waals surface area contributed by atoms with Gasteiger partial charge in [0.25, 0.3) is 11.8 Å². The van der Waals surface area contributed by atoms with Crippen molar-refractivity contribution < 1.29 is 23.9 Å². The second-order valence-corrected chi connectivity index (χ2v) is 15.1. The zero-order valence-corrected chi connectivity index (χ0v) is 31.7. The molecular formula is C42H49N9O5. The first kappa shape index (κ1) is 37.4. The predicted octanol–water partition coefficient (Wildman–Crippen LogP) is 3.90. The molecule has 4 aliphatic heterocycles. The minimum absolute atomic E-state index is 0.138. The molecule has 8 rings (SSSR count). The highest BCUT2D eigenvalue weighted by atomic mass is 16.5. The summed E-state index contributed by atoms with van der Waals surface area (Å²) >= 11 is 0. The summed E-state index contributed by atoms with van der Waals surface area (Å²) in [6.07, 6.45) is 2.35. The monoisotopic (exact) mass is 759 g/mol. The number of nitrogens with zero attached hydrogens (tertiary/aromatic N) is 5. The topological polar surface area (TPSA) is 155 Å². The normalized spacial score (nSPS) is 20.1. The Labute approximate surface area is 326 Å². The third-order valence-electron chi connectivity index (χ3n) is 11.6. The van der Waals surface area contributed by atoms with Gasteiger partial charge in [0.05, 0.1) is 18.8 Å². The average molecular weight is 760 g/mol. The van der Waals surface area contributed by atoms with Crippen molar-refractivity contribution in [2.45, 2.75) is 63.5 Å². The van der Waals surface area contributed by atoms with Crippen LogP contribution in [0.25, 0.3) is 0 Å². The van der Waals surface area contributed by atoms with Crippen LogP contribution in [0, 0.1) is 0 Å². The molecule has 0 aliphatic carbocycles. The average Bonchev–Trinajstić information content (AvgIpc) is 3.82. The Hall–Kier alpha value is -5.57. The number of piperidine rings is 2. The lowest BCUT2D eigenvalue weighted by atomic mass is 10.0. The molecule has 3 aromatic carbocycles. The standard InChI is InChI=1S/C42H49N9O5/c1-56-38(29-7-3-2-4-8-29)42(55)51-26-34-36(27-51)46-47-39(34)45-40(53)30-10-12-32(13-11-30)49-18-16-33(17-19-49)50-22-20-48(21-23-50)25-28-6-5-9-31(24-28)43-35-14-15-37(52)44-41(35)54/h2-13,24,33,35,38,43H,14-23,25-27H2,1H3,(H,44,52,54)(H2,45,46,47,53)/t35?,38-/m1/s1. The lowest BCUT2D eigenvalue weighted by Crippen LogP contribution is -2.53. The van der Waals surface area contributed by atoms with Gasteiger partial charge in [-0.05, 0) is 66.8 Å². The quantitative estimate of drug-likeness (QED) is 0.166. The van der Waals surface area contributed by atoms with Crippen molar-refractivity contribution in [1.82, 2.24) is 30.2 Å². The van der Waals surface area contributed by atoms with Crippen molar-refractivity contribution in [2.24, 2.45) is 0 Å². The summed E-state index contributed by atoms with van der Waals surface area (Å²) in [5, 5.41) is 16.0. The Balaban J connectivity index is 0.777. The molecule has 4 aromatic rings. The van der Waals surface area contributed by atoms with Gasteiger partial charge < -0.3 is 25.2 Å². The number of nitrogens with one attached hydrogen (secondary N) is 4. The molecule has 1 aromatic heterocycles. The molecule has 0 saturated carbocycles. The molecule has 1 unspecified atom stereocenters. The van der Waals surface area contributed by atoms with Gasteiger partial charge in [0.2, 0.25) is 11.8 Å². The number of benzene rings is 3. The molecule has 14 heteroatoms. The molecule has 4 aliphatic rings. The number of aromatic amines is 1. The van der Waals surface area contributed by atoms with E-state index in [-0.39, 0.29) is 29.7 Å². The van der Waals surface area contributed by atoms with Gasteiger partial charge in [-0.2, -0.15) is 5.10 Å². The number of carbonyl (C=O) groups excluding carboxylic acids is 4. The maximum Gasteiger partial charge on any atom is 0.256 e. The number of amides is 4. The number of methoxy groups -OCH3 is 1. The lowest BCUT2D eigenvalue weighted by Gasteiger charge is -2.43. The SMILES string of the molecule is CO[C@@H](C(=O)N1Cc2[nH]nc(NC(=O)c3ccc(N4CCC(N5CCN(Cc6cccc(NC7CCC(=O)NC7=O)c6)CC5)CC4)cc3)c2C1)c1ccccc1. The van der Waals surface area contributed by atoms with Crippen LogP contribution >= 0.6 is 0 Å². The van der Waals surface area contributed by atoms with E-state index >= 15 is 0 Å². The van der Waals surface area contributed by atoms with Gasteiger partial charge in [-0.15, -0.1) is 0 Å². The van der Waals surface area contributed by atoms with Crippen LogP contribution in [-0.4, -0.2) is 107 Å². The molecule has 0 spiro atoms. The Kier molecular flexibility index (Phi) is 11.1. The number of anilines is 3. The summed E-state index contributed by atoms with van der Waals surface area (Å²) < 4.78 is 5.56. The first-order valence-corrected chi connectivity index (χ1v) is 19.6. The molecule has 0 radical (unpaired) electrons. The molecule has 3 fully saturated rings. The third kappa shape index (κ3) is 8.32. The number of fused-ring (bicyclic) bond motifs is 1. The van der Waals surface area contributed by atoms with Crippen molar-refractivity contribution >= 4 is 40.8 Å². The van der Waals surface area contributed by atoms with Gasteiger partial charge >= 0.3 is 0 Å². The number of rotatable bonds is 11. The summed E-state index contributed by atoms with van der Waals surface area (Å²) in [7, 11) is 1.53. The van der Waals surface area contributed by atoms with Crippen LogP contribution in [0.1, 0.15) is 64.5 Å². The molecule has 292 valence electrons.